The molecule has 3 aliphatic rings. The van der Waals surface area contributed by atoms with Gasteiger partial charge in [-0.3, -0.25) is 14.1 Å². The van der Waals surface area contributed by atoms with Crippen LogP contribution in [0.25, 0.3) is 0 Å². The van der Waals surface area contributed by atoms with E-state index in [4.69, 9.17) is 0 Å². The van der Waals surface area contributed by atoms with Crippen molar-refractivity contribution in [3.63, 3.8) is 0 Å². The second-order valence-corrected chi connectivity index (χ2v) is 11.0. The summed E-state index contributed by atoms with van der Waals surface area (Å²) in [7, 11) is 1.86. The molecule has 1 amide bonds. The fourth-order valence-corrected chi connectivity index (χ4v) is 6.36. The number of anilines is 1. The third-order valence-electron chi connectivity index (χ3n) is 7.54. The van der Waals surface area contributed by atoms with Crippen molar-refractivity contribution in [1.82, 2.24) is 15.0 Å². The van der Waals surface area contributed by atoms with E-state index < -0.39 is 5.54 Å². The minimum absolute atomic E-state index is 0.129. The van der Waals surface area contributed by atoms with Crippen LogP contribution in [0, 0.1) is 12.8 Å². The molecule has 0 unspecified atom stereocenters. The lowest BCUT2D eigenvalue weighted by Crippen LogP contribution is -2.57. The second-order valence-electron chi connectivity index (χ2n) is 9.85. The third kappa shape index (κ3) is 6.01. The Bertz CT molecular complexity index is 891. The molecule has 0 radical (unpaired) electrons. The van der Waals surface area contributed by atoms with Gasteiger partial charge in [-0.15, -0.1) is 0 Å². The number of benzene rings is 1. The molecule has 2 heterocycles. The summed E-state index contributed by atoms with van der Waals surface area (Å²) in [6.07, 6.45) is 10.5. The van der Waals surface area contributed by atoms with Crippen molar-refractivity contribution >= 4 is 35.7 Å². The summed E-state index contributed by atoms with van der Waals surface area (Å²) in [5, 5.41) is 5.26. The number of rotatable bonds is 8. The van der Waals surface area contributed by atoms with Crippen molar-refractivity contribution in [3.05, 3.63) is 29.3 Å². The van der Waals surface area contributed by atoms with Gasteiger partial charge in [0.15, 0.2) is 0 Å². The molecule has 1 saturated carbocycles. The number of hydrogen-bond acceptors (Lipinski definition) is 6. The molecule has 0 atom stereocenters. The van der Waals surface area contributed by atoms with Crippen LogP contribution in [0.2, 0.25) is 0 Å². The van der Waals surface area contributed by atoms with Gasteiger partial charge in [0.05, 0.1) is 17.1 Å². The zero-order chi connectivity index (χ0) is 24.0. The summed E-state index contributed by atoms with van der Waals surface area (Å²) >= 11 is 1.88. The second kappa shape index (κ2) is 11.7. The Morgan fingerprint density at radius 2 is 2.03 bits per heavy atom. The number of carbonyl (C=O) groups is 2. The number of hydrogen-bond donors (Lipinski definition) is 2. The molecule has 4 rings (SSSR count). The Morgan fingerprint density at radius 3 is 2.65 bits per heavy atom. The van der Waals surface area contributed by atoms with Crippen LogP contribution in [0.5, 0.6) is 0 Å². The topological polar surface area (TPSA) is 77.0 Å². The van der Waals surface area contributed by atoms with Crippen LogP contribution in [0.1, 0.15) is 62.5 Å². The molecule has 186 valence electrons. The summed E-state index contributed by atoms with van der Waals surface area (Å²) in [6.45, 7) is 4.63. The molecule has 1 aliphatic carbocycles. The van der Waals surface area contributed by atoms with E-state index in [1.54, 1.807) is 5.01 Å². The summed E-state index contributed by atoms with van der Waals surface area (Å²) in [5.74, 6) is 2.66. The van der Waals surface area contributed by atoms with Gasteiger partial charge in [-0.25, -0.2) is 10.4 Å². The predicted octanol–water partition coefficient (Wildman–Crippen LogP) is 3.66. The highest BCUT2D eigenvalue weighted by Crippen LogP contribution is 2.29. The van der Waals surface area contributed by atoms with Crippen molar-refractivity contribution in [2.24, 2.45) is 10.9 Å². The number of carbonyl (C=O) groups excluding carboxylic acids is 2. The highest BCUT2D eigenvalue weighted by Gasteiger charge is 2.36. The average Bonchev–Trinajstić information content (AvgIpc) is 3.31. The van der Waals surface area contributed by atoms with Gasteiger partial charge < -0.3 is 10.1 Å². The average molecular weight is 486 g/mol. The van der Waals surface area contributed by atoms with Crippen LogP contribution in [0.3, 0.4) is 0 Å². The van der Waals surface area contributed by atoms with Crippen molar-refractivity contribution in [2.75, 3.05) is 37.4 Å². The molecule has 0 aromatic heterocycles. The molecule has 0 bridgehead atoms. The number of nitrogens with one attached hydrogen (secondary N) is 2. The Morgan fingerprint density at radius 1 is 1.26 bits per heavy atom. The molecule has 7 nitrogen and oxygen atoms in total. The van der Waals surface area contributed by atoms with Gasteiger partial charge in [0.2, 0.25) is 5.91 Å². The molecule has 0 spiro atoms. The summed E-state index contributed by atoms with van der Waals surface area (Å²) in [5.41, 5.74) is 6.12. The first kappa shape index (κ1) is 25.2. The summed E-state index contributed by atoms with van der Waals surface area (Å²) < 4.78 is 2.41. The lowest BCUT2D eigenvalue weighted by Gasteiger charge is -2.40. The monoisotopic (exact) mass is 485 g/mol. The van der Waals surface area contributed by atoms with Crippen molar-refractivity contribution in [3.8, 4) is 0 Å². The first-order valence-electron chi connectivity index (χ1n) is 12.8. The number of aldehydes is 1. The van der Waals surface area contributed by atoms with E-state index in [1.165, 1.54) is 43.2 Å². The van der Waals surface area contributed by atoms with Crippen LogP contribution in [0.15, 0.2) is 23.2 Å². The maximum absolute atomic E-state index is 12.1. The maximum atomic E-state index is 12.1. The van der Waals surface area contributed by atoms with Crippen LogP contribution in [0.4, 0.5) is 5.69 Å². The highest BCUT2D eigenvalue weighted by atomic mass is 32.2. The zero-order valence-electron chi connectivity index (χ0n) is 20.6. The number of aliphatic imine (C=N–C) groups is 1. The fraction of sp³-hybridized carbons (Fsp3) is 0.654. The largest absolute Gasteiger partial charge is 0.361 e. The Balaban J connectivity index is 1.24. The van der Waals surface area contributed by atoms with E-state index in [0.29, 0.717) is 18.9 Å². The number of aryl methyl sites for hydroxylation is 2. The lowest BCUT2D eigenvalue weighted by atomic mass is 9.85. The molecule has 1 aromatic rings. The quantitative estimate of drug-likeness (QED) is 0.253. The fourth-order valence-electron chi connectivity index (χ4n) is 5.35. The molecular formula is C26H39N5O2S. The molecule has 2 N–H and O–H groups in total. The Kier molecular flexibility index (Phi) is 8.66. The van der Waals surface area contributed by atoms with Crippen LogP contribution in [-0.4, -0.2) is 60.3 Å². The van der Waals surface area contributed by atoms with Gasteiger partial charge >= 0.3 is 0 Å². The van der Waals surface area contributed by atoms with Crippen LogP contribution in [-0.2, 0) is 16.0 Å². The van der Waals surface area contributed by atoms with E-state index in [-0.39, 0.29) is 5.91 Å². The minimum atomic E-state index is -0.475. The lowest BCUT2D eigenvalue weighted by molar-refractivity contribution is -0.117. The zero-order valence-corrected chi connectivity index (χ0v) is 21.5. The predicted molar refractivity (Wildman–Crippen MR) is 140 cm³/mol. The van der Waals surface area contributed by atoms with Gasteiger partial charge in [0.25, 0.3) is 0 Å². The minimum Gasteiger partial charge on any atom is -0.361 e. The van der Waals surface area contributed by atoms with Crippen LogP contribution < -0.4 is 15.8 Å². The number of nitrogens with zero attached hydrogens (tertiary/aromatic N) is 3. The number of piperidine rings is 1. The molecule has 2 aliphatic heterocycles. The van der Waals surface area contributed by atoms with Gasteiger partial charge in [0, 0.05) is 44.8 Å². The van der Waals surface area contributed by atoms with E-state index in [1.807, 2.05) is 25.1 Å². The molecule has 3 fully saturated rings. The summed E-state index contributed by atoms with van der Waals surface area (Å²) in [4.78, 5) is 28.6. The van der Waals surface area contributed by atoms with E-state index in [2.05, 4.69) is 39.1 Å². The van der Waals surface area contributed by atoms with Crippen molar-refractivity contribution in [2.45, 2.75) is 70.3 Å². The van der Waals surface area contributed by atoms with Crippen molar-refractivity contribution < 1.29 is 9.59 Å². The molecule has 8 heteroatoms. The van der Waals surface area contributed by atoms with E-state index in [9.17, 15) is 9.59 Å². The smallest absolute Gasteiger partial charge is 0.242 e. The summed E-state index contributed by atoms with van der Waals surface area (Å²) in [6, 6.07) is 6.28. The Labute approximate surface area is 208 Å². The van der Waals surface area contributed by atoms with Crippen LogP contribution >= 0.6 is 11.9 Å². The van der Waals surface area contributed by atoms with Gasteiger partial charge in [0.1, 0.15) is 6.29 Å². The van der Waals surface area contributed by atoms with E-state index in [0.717, 1.165) is 55.9 Å². The Hall–Kier alpha value is -1.90. The number of amides is 1. The van der Waals surface area contributed by atoms with Gasteiger partial charge in [-0.2, -0.15) is 0 Å². The third-order valence-corrected chi connectivity index (χ3v) is 8.65. The first-order valence-corrected chi connectivity index (χ1v) is 13.7. The normalized spacial score (nSPS) is 22.2. The van der Waals surface area contributed by atoms with E-state index >= 15 is 0 Å². The van der Waals surface area contributed by atoms with Gasteiger partial charge in [-0.1, -0.05) is 37.3 Å². The number of amidine groups is 1. The standard InChI is InChI=1S/C26H39N5O2S/c1-20-18-23(31-24(33)10-14-28-31)9-8-21(20)11-17-34-30-15-12-26(19-32,13-16-30)29-25(27-2)22-6-4-3-5-7-22/h8-9,18-19,22,28H,3-7,10-17H2,1-2H3,(H,27,29). The SMILES string of the molecule is CN=C(NC1(C=O)CCN(SCCc2ccc(N3NCCC3=O)cc2C)CC1)C1CCCCC1. The maximum Gasteiger partial charge on any atom is 0.242 e. The molecule has 1 aromatic carbocycles. The highest BCUT2D eigenvalue weighted by molar-refractivity contribution is 7.97. The molecule has 2 saturated heterocycles. The first-order chi connectivity index (χ1) is 16.5. The van der Waals surface area contributed by atoms with Crippen molar-refractivity contribution in [1.29, 1.82) is 0 Å². The number of hydrazine groups is 1. The molecule has 34 heavy (non-hydrogen) atoms. The van der Waals surface area contributed by atoms with Gasteiger partial charge in [-0.05, 0) is 62.3 Å². The molecular weight excluding hydrogens is 446 g/mol.